The van der Waals surface area contributed by atoms with Crippen LogP contribution in [0.2, 0.25) is 0 Å². The van der Waals surface area contributed by atoms with Gasteiger partial charge in [-0.2, -0.15) is 5.26 Å². The summed E-state index contributed by atoms with van der Waals surface area (Å²) in [5.74, 6) is -0.436. The minimum Gasteiger partial charge on any atom is -0.321 e. The van der Waals surface area contributed by atoms with Crippen LogP contribution in [0, 0.1) is 17.1 Å². The third kappa shape index (κ3) is 2.55. The van der Waals surface area contributed by atoms with Gasteiger partial charge in [-0.15, -0.1) is 0 Å². The zero-order chi connectivity index (χ0) is 21.8. The van der Waals surface area contributed by atoms with E-state index in [0.717, 1.165) is 37.9 Å². The molecular formula is C28H15FN2O. The first-order valence-corrected chi connectivity index (χ1v) is 10.2. The first-order chi connectivity index (χ1) is 15.7. The molecule has 32 heavy (non-hydrogen) atoms. The average Bonchev–Trinajstić information content (AvgIpc) is 2.82. The smallest absolute Gasteiger partial charge is 0.266 e. The highest BCUT2D eigenvalue weighted by Gasteiger charge is 2.18. The van der Waals surface area contributed by atoms with Crippen LogP contribution in [0.4, 0.5) is 4.39 Å². The number of halogens is 1. The molecule has 6 rings (SSSR count). The Kier molecular flexibility index (Phi) is 3.87. The highest BCUT2D eigenvalue weighted by Crippen LogP contribution is 2.40. The zero-order valence-corrected chi connectivity index (χ0v) is 16.8. The summed E-state index contributed by atoms with van der Waals surface area (Å²) in [6, 6.07) is 28.4. The largest absolute Gasteiger partial charge is 0.321 e. The predicted molar refractivity (Wildman–Crippen MR) is 126 cm³/mol. The molecule has 6 aromatic rings. The number of aromatic amines is 1. The Hall–Kier alpha value is -4.49. The fourth-order valence-corrected chi connectivity index (χ4v) is 4.68. The van der Waals surface area contributed by atoms with E-state index in [9.17, 15) is 14.4 Å². The number of rotatable bonds is 2. The monoisotopic (exact) mass is 414 g/mol. The van der Waals surface area contributed by atoms with E-state index in [2.05, 4.69) is 35.3 Å². The molecule has 1 N–H and O–H groups in total. The van der Waals surface area contributed by atoms with Crippen LogP contribution in [0.5, 0.6) is 0 Å². The maximum absolute atomic E-state index is 14.5. The molecule has 5 aromatic carbocycles. The topological polar surface area (TPSA) is 56.6 Å². The Balaban J connectivity index is 1.73. The summed E-state index contributed by atoms with van der Waals surface area (Å²) in [6.07, 6.45) is 0. The maximum atomic E-state index is 14.5. The van der Waals surface area contributed by atoms with Crippen molar-refractivity contribution in [1.29, 1.82) is 5.26 Å². The molecule has 3 nitrogen and oxygen atoms in total. The van der Waals surface area contributed by atoms with Gasteiger partial charge in [0, 0.05) is 11.1 Å². The maximum Gasteiger partial charge on any atom is 0.266 e. The van der Waals surface area contributed by atoms with Crippen LogP contribution in [0.1, 0.15) is 5.56 Å². The Bertz CT molecular complexity index is 1760. The van der Waals surface area contributed by atoms with Crippen molar-refractivity contribution in [2.75, 3.05) is 0 Å². The predicted octanol–water partition coefficient (Wildman–Crippen LogP) is 6.62. The molecule has 4 heteroatoms. The molecule has 0 aliphatic carbocycles. The number of benzene rings is 5. The van der Waals surface area contributed by atoms with Crippen LogP contribution >= 0.6 is 0 Å². The standard InChI is InChI=1S/C28H15FN2O/c29-24-7-2-1-6-21(24)25-14-22(23(15-30)28(32)31-25)19-12-10-18-9-8-16-4-3-5-17-11-13-20(19)27(18)26(16)17/h1-14H,(H,31,32). The fourth-order valence-electron chi connectivity index (χ4n) is 4.68. The summed E-state index contributed by atoms with van der Waals surface area (Å²) in [4.78, 5) is 15.5. The van der Waals surface area contributed by atoms with Gasteiger partial charge in [0.05, 0.1) is 5.69 Å². The third-order valence-electron chi connectivity index (χ3n) is 6.13. The second-order valence-electron chi connectivity index (χ2n) is 7.86. The van der Waals surface area contributed by atoms with E-state index in [1.807, 2.05) is 30.3 Å². The second kappa shape index (κ2) is 6.76. The minimum absolute atomic E-state index is 0.0140. The number of aromatic nitrogens is 1. The van der Waals surface area contributed by atoms with E-state index >= 15 is 0 Å². The summed E-state index contributed by atoms with van der Waals surface area (Å²) in [5.41, 5.74) is 1.37. The van der Waals surface area contributed by atoms with Gasteiger partial charge in [0.1, 0.15) is 17.4 Å². The van der Waals surface area contributed by atoms with Gasteiger partial charge >= 0.3 is 0 Å². The number of nitriles is 1. The zero-order valence-electron chi connectivity index (χ0n) is 16.8. The molecule has 0 atom stereocenters. The van der Waals surface area contributed by atoms with E-state index in [1.165, 1.54) is 6.07 Å². The number of nitrogens with zero attached hydrogens (tertiary/aromatic N) is 1. The van der Waals surface area contributed by atoms with Gasteiger partial charge in [0.2, 0.25) is 0 Å². The Morgan fingerprint density at radius 1 is 0.719 bits per heavy atom. The number of nitrogens with one attached hydrogen (secondary N) is 1. The molecule has 0 aliphatic rings. The van der Waals surface area contributed by atoms with Gasteiger partial charge in [-0.05, 0) is 56.1 Å². The fraction of sp³-hybridized carbons (Fsp3) is 0. The molecule has 0 unspecified atom stereocenters. The molecule has 1 heterocycles. The van der Waals surface area contributed by atoms with E-state index in [0.29, 0.717) is 11.3 Å². The lowest BCUT2D eigenvalue weighted by Crippen LogP contribution is -2.13. The first kappa shape index (κ1) is 18.3. The molecule has 0 aliphatic heterocycles. The van der Waals surface area contributed by atoms with E-state index < -0.39 is 11.4 Å². The number of hydrogen-bond donors (Lipinski definition) is 1. The minimum atomic E-state index is -0.533. The van der Waals surface area contributed by atoms with Crippen molar-refractivity contribution < 1.29 is 4.39 Å². The molecule has 0 radical (unpaired) electrons. The van der Waals surface area contributed by atoms with Crippen LogP contribution in [-0.2, 0) is 0 Å². The Labute approximate surface area is 182 Å². The van der Waals surface area contributed by atoms with E-state index in [-0.39, 0.29) is 11.1 Å². The third-order valence-corrected chi connectivity index (χ3v) is 6.13. The molecule has 0 amide bonds. The normalized spacial score (nSPS) is 11.4. The van der Waals surface area contributed by atoms with Crippen molar-refractivity contribution >= 4 is 32.3 Å². The van der Waals surface area contributed by atoms with Crippen molar-refractivity contribution in [1.82, 2.24) is 4.98 Å². The molecule has 0 saturated carbocycles. The quantitative estimate of drug-likeness (QED) is 0.324. The van der Waals surface area contributed by atoms with Crippen LogP contribution < -0.4 is 5.56 Å². The lowest BCUT2D eigenvalue weighted by molar-refractivity contribution is 0.630. The molecule has 0 fully saturated rings. The van der Waals surface area contributed by atoms with Crippen molar-refractivity contribution in [3.8, 4) is 28.5 Å². The lowest BCUT2D eigenvalue weighted by atomic mass is 9.88. The van der Waals surface area contributed by atoms with Crippen LogP contribution in [0.3, 0.4) is 0 Å². The summed E-state index contributed by atoms with van der Waals surface area (Å²) >= 11 is 0. The highest BCUT2D eigenvalue weighted by molar-refractivity contribution is 6.25. The van der Waals surface area contributed by atoms with E-state index in [4.69, 9.17) is 0 Å². The van der Waals surface area contributed by atoms with Crippen LogP contribution in [0.15, 0.2) is 89.7 Å². The van der Waals surface area contributed by atoms with Crippen molar-refractivity contribution in [2.45, 2.75) is 0 Å². The summed E-state index contributed by atoms with van der Waals surface area (Å²) in [5, 5.41) is 16.3. The molecular weight excluding hydrogens is 399 g/mol. The average molecular weight is 414 g/mol. The van der Waals surface area contributed by atoms with Gasteiger partial charge in [0.15, 0.2) is 0 Å². The molecule has 0 bridgehead atoms. The Morgan fingerprint density at radius 2 is 1.41 bits per heavy atom. The summed E-state index contributed by atoms with van der Waals surface area (Å²) < 4.78 is 14.5. The van der Waals surface area contributed by atoms with Crippen LogP contribution in [0.25, 0.3) is 54.7 Å². The molecule has 0 spiro atoms. The SMILES string of the molecule is N#Cc1c(-c2ccc3ccc4cccc5ccc2c3c45)cc(-c2ccccc2F)[nH]c1=O. The summed E-state index contributed by atoms with van der Waals surface area (Å²) in [7, 11) is 0. The van der Waals surface area contributed by atoms with Gasteiger partial charge in [-0.25, -0.2) is 4.39 Å². The molecule has 1 aromatic heterocycles. The number of pyridine rings is 1. The first-order valence-electron chi connectivity index (χ1n) is 10.2. The van der Waals surface area contributed by atoms with Gasteiger partial charge in [-0.1, -0.05) is 66.7 Å². The van der Waals surface area contributed by atoms with Crippen LogP contribution in [-0.4, -0.2) is 4.98 Å². The molecule has 150 valence electrons. The summed E-state index contributed by atoms with van der Waals surface area (Å²) in [6.45, 7) is 0. The second-order valence-corrected chi connectivity index (χ2v) is 7.86. The van der Waals surface area contributed by atoms with Gasteiger partial charge in [-0.3, -0.25) is 4.79 Å². The lowest BCUT2D eigenvalue weighted by Gasteiger charge is -2.15. The Morgan fingerprint density at radius 3 is 2.16 bits per heavy atom. The van der Waals surface area contributed by atoms with Crippen molar-refractivity contribution in [2.24, 2.45) is 0 Å². The number of hydrogen-bond acceptors (Lipinski definition) is 2. The van der Waals surface area contributed by atoms with Gasteiger partial charge < -0.3 is 4.98 Å². The van der Waals surface area contributed by atoms with Crippen molar-refractivity contribution in [3.63, 3.8) is 0 Å². The molecule has 0 saturated heterocycles. The highest BCUT2D eigenvalue weighted by atomic mass is 19.1. The van der Waals surface area contributed by atoms with Crippen molar-refractivity contribution in [3.05, 3.63) is 107 Å². The number of H-pyrrole nitrogens is 1. The van der Waals surface area contributed by atoms with Gasteiger partial charge in [0.25, 0.3) is 5.56 Å². The van der Waals surface area contributed by atoms with E-state index in [1.54, 1.807) is 24.3 Å².